The van der Waals surface area contributed by atoms with Crippen LogP contribution in [0.25, 0.3) is 0 Å². The van der Waals surface area contributed by atoms with Gasteiger partial charge in [-0.2, -0.15) is 0 Å². The predicted molar refractivity (Wildman–Crippen MR) is 159 cm³/mol. The number of nitrogens with one attached hydrogen (secondary N) is 1. The number of ether oxygens (including phenoxy) is 1. The van der Waals surface area contributed by atoms with Crippen molar-refractivity contribution in [3.05, 3.63) is 46.8 Å². The van der Waals surface area contributed by atoms with Crippen LogP contribution in [0.1, 0.15) is 19.0 Å². The van der Waals surface area contributed by atoms with E-state index in [0.29, 0.717) is 17.7 Å². The van der Waals surface area contributed by atoms with Gasteiger partial charge in [0.15, 0.2) is 10.8 Å². The van der Waals surface area contributed by atoms with E-state index in [1.54, 1.807) is 17.8 Å². The van der Waals surface area contributed by atoms with Crippen LogP contribution in [0, 0.1) is 0 Å². The lowest BCUT2D eigenvalue weighted by Crippen LogP contribution is -2.71. The molecule has 4 aliphatic rings. The number of carbonyl (C=O) groups excluding carboxylic acids is 4. The van der Waals surface area contributed by atoms with Gasteiger partial charge in [0.25, 0.3) is 11.8 Å². The van der Waals surface area contributed by atoms with E-state index in [1.165, 1.54) is 35.0 Å². The van der Waals surface area contributed by atoms with Crippen molar-refractivity contribution in [1.82, 2.24) is 20.1 Å². The SMILES string of the molecule is C=CCO/N=C(\C(=O)NC1C(=O)N2C(C(=O)O)=C(COC(C)=O)CS[C@@H]12)c1csc(N)n1.O=C(O)C1=CCS[C@H]2CC(=O)N12. The Bertz CT molecular complexity index is 1500. The smallest absolute Gasteiger partial charge is 0.352 e. The number of nitrogens with two attached hydrogens (primary N) is 1. The zero-order valence-electron chi connectivity index (χ0n) is 23.0. The quantitative estimate of drug-likeness (QED) is 0.0653. The molecule has 1 unspecified atom stereocenters. The molecule has 0 spiro atoms. The van der Waals surface area contributed by atoms with Crippen LogP contribution in [0.3, 0.4) is 0 Å². The fourth-order valence-electron chi connectivity index (χ4n) is 4.29. The molecule has 3 amide bonds. The van der Waals surface area contributed by atoms with Crippen LogP contribution in [-0.4, -0.2) is 108 Å². The summed E-state index contributed by atoms with van der Waals surface area (Å²) in [6.07, 6.45) is 3.50. The molecule has 1 aromatic rings. The molecular weight excluding hydrogens is 641 g/mol. The van der Waals surface area contributed by atoms with Crippen molar-refractivity contribution < 1.29 is 48.6 Å². The number of carboxylic acid groups (broad SMARTS) is 2. The second-order valence-corrected chi connectivity index (χ2v) is 12.3. The van der Waals surface area contributed by atoms with Crippen LogP contribution >= 0.6 is 34.9 Å². The van der Waals surface area contributed by atoms with E-state index in [2.05, 4.69) is 22.0 Å². The number of esters is 1. The van der Waals surface area contributed by atoms with E-state index in [1.807, 2.05) is 0 Å². The van der Waals surface area contributed by atoms with Crippen molar-refractivity contribution in [2.24, 2.45) is 5.16 Å². The molecule has 3 atom stereocenters. The highest BCUT2D eigenvalue weighted by molar-refractivity contribution is 8.00. The van der Waals surface area contributed by atoms with Gasteiger partial charge in [-0.15, -0.1) is 34.9 Å². The molecule has 5 heterocycles. The minimum atomic E-state index is -1.33. The summed E-state index contributed by atoms with van der Waals surface area (Å²) in [6, 6.07) is -0.988. The monoisotopic (exact) mass is 666 g/mol. The maximum Gasteiger partial charge on any atom is 0.352 e. The molecule has 5 rings (SSSR count). The molecule has 0 aromatic carbocycles. The van der Waals surface area contributed by atoms with E-state index in [-0.39, 0.29) is 58.2 Å². The third-order valence-electron chi connectivity index (χ3n) is 6.26. The lowest BCUT2D eigenvalue weighted by atomic mass is 10.0. The van der Waals surface area contributed by atoms with Crippen molar-refractivity contribution in [3.8, 4) is 0 Å². The minimum Gasteiger partial charge on any atom is -0.477 e. The summed E-state index contributed by atoms with van der Waals surface area (Å²) >= 11 is 3.94. The third kappa shape index (κ3) is 6.89. The Kier molecular flexibility index (Phi) is 10.3. The molecule has 5 N–H and O–H groups in total. The normalized spacial score (nSPS) is 22.2. The Morgan fingerprint density at radius 2 is 1.98 bits per heavy atom. The molecule has 0 bridgehead atoms. The van der Waals surface area contributed by atoms with E-state index in [4.69, 9.17) is 20.4 Å². The van der Waals surface area contributed by atoms with Gasteiger partial charge in [0.2, 0.25) is 5.91 Å². The molecule has 1 aromatic heterocycles. The van der Waals surface area contributed by atoms with Crippen molar-refractivity contribution in [2.45, 2.75) is 30.1 Å². The lowest BCUT2D eigenvalue weighted by molar-refractivity contribution is -0.150. The number of rotatable bonds is 10. The van der Waals surface area contributed by atoms with Crippen molar-refractivity contribution >= 4 is 81.3 Å². The van der Waals surface area contributed by atoms with E-state index in [9.17, 15) is 33.9 Å². The zero-order chi connectivity index (χ0) is 32.1. The van der Waals surface area contributed by atoms with Gasteiger partial charge in [-0.3, -0.25) is 29.0 Å². The first-order chi connectivity index (χ1) is 20.9. The molecule has 234 valence electrons. The van der Waals surface area contributed by atoms with Gasteiger partial charge in [0, 0.05) is 29.4 Å². The molecule has 44 heavy (non-hydrogen) atoms. The topological polar surface area (TPSA) is 231 Å². The van der Waals surface area contributed by atoms with E-state index >= 15 is 0 Å². The Morgan fingerprint density at radius 1 is 1.23 bits per heavy atom. The second-order valence-electron chi connectivity index (χ2n) is 9.14. The summed E-state index contributed by atoms with van der Waals surface area (Å²) in [4.78, 5) is 81.5. The van der Waals surface area contributed by atoms with Gasteiger partial charge in [0.1, 0.15) is 41.7 Å². The first kappa shape index (κ1) is 32.6. The molecule has 0 saturated carbocycles. The first-order valence-corrected chi connectivity index (χ1v) is 15.7. The van der Waals surface area contributed by atoms with Crippen LogP contribution < -0.4 is 11.1 Å². The van der Waals surface area contributed by atoms with Crippen LogP contribution in [0.5, 0.6) is 0 Å². The number of carbonyl (C=O) groups is 6. The Hall–Kier alpha value is -4.36. The number of anilines is 1. The molecule has 16 nitrogen and oxygen atoms in total. The van der Waals surface area contributed by atoms with Crippen molar-refractivity contribution in [3.63, 3.8) is 0 Å². The number of hydrogen-bond donors (Lipinski definition) is 4. The highest BCUT2D eigenvalue weighted by Crippen LogP contribution is 2.40. The summed E-state index contributed by atoms with van der Waals surface area (Å²) in [7, 11) is 0. The molecule has 19 heteroatoms. The van der Waals surface area contributed by atoms with Crippen LogP contribution in [0.4, 0.5) is 5.13 Å². The molecule has 0 radical (unpaired) electrons. The van der Waals surface area contributed by atoms with Gasteiger partial charge in [-0.25, -0.2) is 14.6 Å². The van der Waals surface area contributed by atoms with Gasteiger partial charge >= 0.3 is 17.9 Å². The number of nitrogens with zero attached hydrogens (tertiary/aromatic N) is 4. The first-order valence-electron chi connectivity index (χ1n) is 12.7. The minimum absolute atomic E-state index is 0.0445. The Labute approximate surface area is 262 Å². The van der Waals surface area contributed by atoms with Crippen LogP contribution in [-0.2, 0) is 38.3 Å². The summed E-state index contributed by atoms with van der Waals surface area (Å²) in [6.45, 7) is 4.51. The highest BCUT2D eigenvalue weighted by atomic mass is 32.2. The summed E-state index contributed by atoms with van der Waals surface area (Å²) in [5.41, 5.74) is 5.81. The van der Waals surface area contributed by atoms with Crippen molar-refractivity contribution in [2.75, 3.05) is 30.5 Å². The van der Waals surface area contributed by atoms with Crippen LogP contribution in [0.2, 0.25) is 0 Å². The number of carboxylic acids is 2. The molecule has 2 saturated heterocycles. The molecule has 4 aliphatic heterocycles. The number of hydrogen-bond acceptors (Lipinski definition) is 14. The number of nitrogen functional groups attached to an aromatic ring is 1. The highest BCUT2D eigenvalue weighted by Gasteiger charge is 2.54. The fraction of sp³-hybridized carbons (Fsp3) is 0.360. The maximum atomic E-state index is 12.8. The number of aromatic nitrogens is 1. The predicted octanol–water partition coefficient (Wildman–Crippen LogP) is 0.194. The molecule has 2 fully saturated rings. The molecule has 0 aliphatic carbocycles. The third-order valence-corrected chi connectivity index (χ3v) is 9.40. The maximum absolute atomic E-state index is 12.8. The van der Waals surface area contributed by atoms with Gasteiger partial charge in [-0.05, 0) is 6.08 Å². The lowest BCUT2D eigenvalue weighted by Gasteiger charge is -2.49. The number of fused-ring (bicyclic) bond motifs is 2. The number of thioether (sulfide) groups is 2. The summed E-state index contributed by atoms with van der Waals surface area (Å²) in [5.74, 6) is -3.43. The number of oxime groups is 1. The Morgan fingerprint density at radius 3 is 2.55 bits per heavy atom. The van der Waals surface area contributed by atoms with Gasteiger partial charge in [0.05, 0.1) is 11.8 Å². The standard InChI is InChI=1S/C18H19N5O7S2.C7H7NO3S/c1-3-4-30-22-11(10-7-32-18(19)20-10)14(25)21-12-15(26)23-13(17(27)28)9(5-29-8(2)24)6-31-16(12)23;9-5-3-6-8(5)4(7(10)11)1-2-12-6/h3,7,12,16H,1,4-6H2,2H3,(H2,19,20)(H,21,25)(H,27,28);1,6H,2-3H2,(H,10,11)/b22-11-;/t12?,16-;6-/m00/s1. The largest absolute Gasteiger partial charge is 0.477 e. The molecular formula is C25H26N6O10S3. The zero-order valence-corrected chi connectivity index (χ0v) is 25.4. The van der Waals surface area contributed by atoms with Gasteiger partial charge in [-0.1, -0.05) is 17.8 Å². The average molecular weight is 667 g/mol. The second kappa shape index (κ2) is 14.0. The fourth-order valence-corrected chi connectivity index (χ4v) is 7.28. The van der Waals surface area contributed by atoms with E-state index < -0.39 is 41.1 Å². The van der Waals surface area contributed by atoms with Crippen LogP contribution in [0.15, 0.2) is 46.2 Å². The van der Waals surface area contributed by atoms with Crippen molar-refractivity contribution in [1.29, 1.82) is 0 Å². The van der Waals surface area contributed by atoms with E-state index in [0.717, 1.165) is 16.2 Å². The average Bonchev–Trinajstić information content (AvgIpc) is 3.41. The summed E-state index contributed by atoms with van der Waals surface area (Å²) in [5, 5.41) is 25.8. The summed E-state index contributed by atoms with van der Waals surface area (Å²) < 4.78 is 4.89. The Balaban J connectivity index is 0.000000305. The van der Waals surface area contributed by atoms with Gasteiger partial charge < -0.3 is 30.8 Å². The number of aliphatic carboxylic acids is 2. The number of β-lactam (4-membered cyclic amide) rings is 2. The number of thiazole rings is 1. The number of amides is 3.